The number of aliphatic hydroxyl groups is 1. The minimum atomic E-state index is -0.407. The topological polar surface area (TPSA) is 46.2 Å². The van der Waals surface area contributed by atoms with E-state index in [-0.39, 0.29) is 6.04 Å². The summed E-state index contributed by atoms with van der Waals surface area (Å²) in [4.78, 5) is 0. The van der Waals surface area contributed by atoms with Crippen molar-refractivity contribution in [1.82, 2.24) is 0 Å². The number of benzene rings is 1. The van der Waals surface area contributed by atoms with E-state index in [2.05, 4.69) is 0 Å². The summed E-state index contributed by atoms with van der Waals surface area (Å²) in [7, 11) is 0. The summed E-state index contributed by atoms with van der Waals surface area (Å²) in [6.45, 7) is 3.75. The summed E-state index contributed by atoms with van der Waals surface area (Å²) in [5.74, 6) is 0. The Bertz CT molecular complexity index is 269. The van der Waals surface area contributed by atoms with Crippen LogP contribution in [0.2, 0.25) is 0 Å². The molecule has 3 N–H and O–H groups in total. The number of hydrogen-bond acceptors (Lipinski definition) is 2. The molecule has 2 unspecified atom stereocenters. The Hall–Kier alpha value is -0.860. The Balaban J connectivity index is 2.91. The largest absolute Gasteiger partial charge is 0.389 e. The molecule has 1 aromatic carbocycles. The lowest BCUT2D eigenvalue weighted by Crippen LogP contribution is -2.19. The number of aliphatic hydroxyl groups excluding tert-OH is 1. The van der Waals surface area contributed by atoms with Gasteiger partial charge in [-0.25, -0.2) is 0 Å². The first-order valence-electron chi connectivity index (χ1n) is 4.62. The van der Waals surface area contributed by atoms with Gasteiger partial charge in [0.2, 0.25) is 0 Å². The molecule has 0 aliphatic rings. The van der Waals surface area contributed by atoms with Crippen LogP contribution < -0.4 is 5.73 Å². The summed E-state index contributed by atoms with van der Waals surface area (Å²) in [6.07, 6.45) is 0.413. The molecule has 2 heteroatoms. The summed E-state index contributed by atoms with van der Waals surface area (Å²) >= 11 is 0. The summed E-state index contributed by atoms with van der Waals surface area (Å²) in [5.41, 5.74) is 7.84. The van der Waals surface area contributed by atoms with Crippen molar-refractivity contribution in [3.8, 4) is 0 Å². The first-order chi connectivity index (χ1) is 6.11. The van der Waals surface area contributed by atoms with Gasteiger partial charge in [-0.05, 0) is 31.4 Å². The lowest BCUT2D eigenvalue weighted by Gasteiger charge is -2.13. The molecule has 0 heterocycles. The Morgan fingerprint density at radius 2 is 1.92 bits per heavy atom. The molecule has 0 fully saturated rings. The third-order valence-electron chi connectivity index (χ3n) is 2.05. The molecule has 0 aliphatic carbocycles. The molecule has 2 nitrogen and oxygen atoms in total. The van der Waals surface area contributed by atoms with Crippen molar-refractivity contribution < 1.29 is 5.11 Å². The molecule has 0 radical (unpaired) electrons. The quantitative estimate of drug-likeness (QED) is 0.740. The van der Waals surface area contributed by atoms with Crippen molar-refractivity contribution in [3.63, 3.8) is 0 Å². The first kappa shape index (κ1) is 10.2. The van der Waals surface area contributed by atoms with Gasteiger partial charge in [-0.15, -0.1) is 0 Å². The highest BCUT2D eigenvalue weighted by Gasteiger charge is 2.07. The zero-order valence-electron chi connectivity index (χ0n) is 8.20. The standard InChI is InChI=1S/C11H17NO/c1-8(12)7-10-5-3-4-6-11(10)9(2)13/h3-6,8-9,13H,7,12H2,1-2H3. The van der Waals surface area contributed by atoms with Crippen molar-refractivity contribution in [3.05, 3.63) is 35.4 Å². The molecule has 0 aliphatic heterocycles. The molecule has 0 aromatic heterocycles. The average molecular weight is 179 g/mol. The molecule has 0 saturated heterocycles. The highest BCUT2D eigenvalue weighted by atomic mass is 16.3. The van der Waals surface area contributed by atoms with Gasteiger partial charge < -0.3 is 10.8 Å². The van der Waals surface area contributed by atoms with E-state index in [1.807, 2.05) is 31.2 Å². The molecule has 72 valence electrons. The Kier molecular flexibility index (Phi) is 3.46. The van der Waals surface area contributed by atoms with Crippen LogP contribution in [0.1, 0.15) is 31.1 Å². The molecule has 0 amide bonds. The van der Waals surface area contributed by atoms with E-state index in [1.165, 1.54) is 0 Å². The van der Waals surface area contributed by atoms with Gasteiger partial charge in [0.15, 0.2) is 0 Å². The fourth-order valence-corrected chi connectivity index (χ4v) is 1.47. The second kappa shape index (κ2) is 4.40. The molecule has 13 heavy (non-hydrogen) atoms. The van der Waals surface area contributed by atoms with Crippen LogP contribution in [0.25, 0.3) is 0 Å². The van der Waals surface area contributed by atoms with Gasteiger partial charge in [0.1, 0.15) is 0 Å². The Morgan fingerprint density at radius 3 is 2.46 bits per heavy atom. The highest BCUT2D eigenvalue weighted by Crippen LogP contribution is 2.18. The van der Waals surface area contributed by atoms with Crippen molar-refractivity contribution >= 4 is 0 Å². The molecule has 0 saturated carbocycles. The summed E-state index contributed by atoms with van der Waals surface area (Å²) in [6, 6.07) is 8.02. The summed E-state index contributed by atoms with van der Waals surface area (Å²) in [5, 5.41) is 9.48. The van der Waals surface area contributed by atoms with Crippen LogP contribution in [0, 0.1) is 0 Å². The van der Waals surface area contributed by atoms with E-state index in [1.54, 1.807) is 6.92 Å². The van der Waals surface area contributed by atoms with Crippen molar-refractivity contribution in [1.29, 1.82) is 0 Å². The van der Waals surface area contributed by atoms with Crippen molar-refractivity contribution in [2.45, 2.75) is 32.4 Å². The van der Waals surface area contributed by atoms with Crippen LogP contribution in [0.5, 0.6) is 0 Å². The average Bonchev–Trinajstić information content (AvgIpc) is 2.03. The van der Waals surface area contributed by atoms with E-state index in [9.17, 15) is 5.11 Å². The second-order valence-corrected chi connectivity index (χ2v) is 3.56. The van der Waals surface area contributed by atoms with Crippen LogP contribution in [0.15, 0.2) is 24.3 Å². The molecule has 2 atom stereocenters. The predicted octanol–water partition coefficient (Wildman–Crippen LogP) is 1.63. The van der Waals surface area contributed by atoms with Crippen LogP contribution >= 0.6 is 0 Å². The molecule has 1 aromatic rings. The normalized spacial score (nSPS) is 15.4. The molecular weight excluding hydrogens is 162 g/mol. The lowest BCUT2D eigenvalue weighted by molar-refractivity contribution is 0.198. The molecule has 0 bridgehead atoms. The van der Waals surface area contributed by atoms with E-state index in [0.29, 0.717) is 0 Å². The van der Waals surface area contributed by atoms with Crippen LogP contribution in [0.3, 0.4) is 0 Å². The highest BCUT2D eigenvalue weighted by molar-refractivity contribution is 5.29. The van der Waals surface area contributed by atoms with Gasteiger partial charge in [-0.1, -0.05) is 24.3 Å². The minimum absolute atomic E-state index is 0.139. The zero-order valence-corrected chi connectivity index (χ0v) is 8.20. The molecular formula is C11H17NO. The van der Waals surface area contributed by atoms with Gasteiger partial charge in [0, 0.05) is 6.04 Å². The summed E-state index contributed by atoms with van der Waals surface area (Å²) < 4.78 is 0. The van der Waals surface area contributed by atoms with Gasteiger partial charge in [0.25, 0.3) is 0 Å². The Labute approximate surface area is 79.4 Å². The minimum Gasteiger partial charge on any atom is -0.389 e. The third kappa shape index (κ3) is 2.83. The maximum absolute atomic E-state index is 9.48. The van der Waals surface area contributed by atoms with Gasteiger partial charge in [0.05, 0.1) is 6.10 Å². The maximum atomic E-state index is 9.48. The van der Waals surface area contributed by atoms with Crippen LogP contribution in [-0.4, -0.2) is 11.1 Å². The van der Waals surface area contributed by atoms with E-state index in [0.717, 1.165) is 17.5 Å². The van der Waals surface area contributed by atoms with Crippen molar-refractivity contribution in [2.75, 3.05) is 0 Å². The first-order valence-corrected chi connectivity index (χ1v) is 4.62. The van der Waals surface area contributed by atoms with Crippen LogP contribution in [0.4, 0.5) is 0 Å². The molecule has 1 rings (SSSR count). The smallest absolute Gasteiger partial charge is 0.0764 e. The number of nitrogens with two attached hydrogens (primary N) is 1. The number of hydrogen-bond donors (Lipinski definition) is 2. The van der Waals surface area contributed by atoms with Gasteiger partial charge in [-0.2, -0.15) is 0 Å². The fourth-order valence-electron chi connectivity index (χ4n) is 1.47. The maximum Gasteiger partial charge on any atom is 0.0764 e. The van der Waals surface area contributed by atoms with E-state index >= 15 is 0 Å². The lowest BCUT2D eigenvalue weighted by atomic mass is 9.98. The van der Waals surface area contributed by atoms with Crippen molar-refractivity contribution in [2.24, 2.45) is 5.73 Å². The SMILES string of the molecule is CC(N)Cc1ccccc1C(C)O. The van der Waals surface area contributed by atoms with Gasteiger partial charge in [-0.3, -0.25) is 0 Å². The fraction of sp³-hybridized carbons (Fsp3) is 0.455. The predicted molar refractivity (Wildman–Crippen MR) is 54.4 cm³/mol. The van der Waals surface area contributed by atoms with E-state index in [4.69, 9.17) is 5.73 Å². The van der Waals surface area contributed by atoms with Gasteiger partial charge >= 0.3 is 0 Å². The zero-order chi connectivity index (χ0) is 9.84. The third-order valence-corrected chi connectivity index (χ3v) is 2.05. The number of rotatable bonds is 3. The van der Waals surface area contributed by atoms with Crippen LogP contribution in [-0.2, 0) is 6.42 Å². The second-order valence-electron chi connectivity index (χ2n) is 3.56. The monoisotopic (exact) mass is 179 g/mol. The Morgan fingerprint density at radius 1 is 1.31 bits per heavy atom. The van der Waals surface area contributed by atoms with E-state index < -0.39 is 6.10 Å². The molecule has 0 spiro atoms.